The van der Waals surface area contributed by atoms with E-state index in [0.29, 0.717) is 26.8 Å². The largest absolute Gasteiger partial charge is 0.486 e. The van der Waals surface area contributed by atoms with Gasteiger partial charge in [0.2, 0.25) is 5.17 Å². The quantitative estimate of drug-likeness (QED) is 0.251. The highest BCUT2D eigenvalue weighted by molar-refractivity contribution is 8.27. The molecule has 10 heteroatoms. The summed E-state index contributed by atoms with van der Waals surface area (Å²) < 4.78 is 7.97. The van der Waals surface area contributed by atoms with E-state index in [4.69, 9.17) is 33.3 Å². The van der Waals surface area contributed by atoms with E-state index in [9.17, 15) is 4.79 Å². The third-order valence-corrected chi connectivity index (χ3v) is 7.89. The van der Waals surface area contributed by atoms with E-state index < -0.39 is 5.91 Å². The number of fused-ring (bicyclic) bond motifs is 2. The van der Waals surface area contributed by atoms with Crippen molar-refractivity contribution < 1.29 is 9.53 Å². The zero-order chi connectivity index (χ0) is 27.1. The predicted molar refractivity (Wildman–Crippen MR) is 159 cm³/mol. The number of amides is 1. The van der Waals surface area contributed by atoms with Gasteiger partial charge < -0.3 is 9.30 Å². The number of aliphatic imine (C=N–C) groups is 1. The van der Waals surface area contributed by atoms with E-state index >= 15 is 0 Å². The van der Waals surface area contributed by atoms with Crippen molar-refractivity contribution in [3.8, 4) is 5.75 Å². The summed E-state index contributed by atoms with van der Waals surface area (Å²) in [6, 6.07) is 21.0. The molecule has 0 atom stereocenters. The standard InChI is InChI=1S/C29H21Cl2N5O2S/c1-17-6-2-5-9-25(17)38-16-26-34-36-27(32)22(28(37)33-29(36)39-26)12-19-15-35(24-8-4-3-7-21(19)24)14-18-10-11-20(30)13-23(18)31/h2-13,15,32H,14,16H2,1H3/b22-12+,32-27?. The molecule has 0 saturated carbocycles. The maximum absolute atomic E-state index is 13.0. The van der Waals surface area contributed by atoms with Gasteiger partial charge in [0.25, 0.3) is 5.91 Å². The number of carbonyl (C=O) groups is 1. The van der Waals surface area contributed by atoms with E-state index in [-0.39, 0.29) is 18.0 Å². The van der Waals surface area contributed by atoms with Gasteiger partial charge in [0.05, 0.1) is 5.57 Å². The van der Waals surface area contributed by atoms with Crippen LogP contribution in [0, 0.1) is 12.3 Å². The molecule has 1 amide bonds. The zero-order valence-corrected chi connectivity index (χ0v) is 23.0. The number of aryl methyl sites for hydroxylation is 1. The average Bonchev–Trinajstić information content (AvgIpc) is 3.49. The van der Waals surface area contributed by atoms with Gasteiger partial charge in [-0.05, 0) is 60.2 Å². The maximum atomic E-state index is 13.0. The zero-order valence-electron chi connectivity index (χ0n) is 20.7. The van der Waals surface area contributed by atoms with Crippen LogP contribution in [0.15, 0.2) is 88.6 Å². The van der Waals surface area contributed by atoms with Gasteiger partial charge in [0.15, 0.2) is 5.84 Å². The van der Waals surface area contributed by atoms with Gasteiger partial charge in [-0.3, -0.25) is 10.2 Å². The molecule has 2 aliphatic heterocycles. The van der Waals surface area contributed by atoms with Crippen molar-refractivity contribution in [2.24, 2.45) is 10.1 Å². The van der Waals surface area contributed by atoms with Gasteiger partial charge in [-0.1, -0.05) is 65.7 Å². The maximum Gasteiger partial charge on any atom is 0.283 e. The first-order valence-corrected chi connectivity index (χ1v) is 13.6. The molecule has 7 nitrogen and oxygen atoms in total. The third-order valence-electron chi connectivity index (χ3n) is 6.42. The number of para-hydroxylation sites is 2. The fourth-order valence-electron chi connectivity index (χ4n) is 4.46. The minimum Gasteiger partial charge on any atom is -0.486 e. The van der Waals surface area contributed by atoms with Crippen molar-refractivity contribution >= 4 is 73.9 Å². The topological polar surface area (TPSA) is 83.0 Å². The SMILES string of the molecule is Cc1ccccc1OCC1=NN2C(=N)/C(=C\c3cn(Cc4ccc(Cl)cc4Cl)c4ccccc34)C(=O)N=C2S1. The molecule has 194 valence electrons. The predicted octanol–water partition coefficient (Wildman–Crippen LogP) is 7.00. The number of rotatable bonds is 6. The fourth-order valence-corrected chi connectivity index (χ4v) is 5.72. The highest BCUT2D eigenvalue weighted by Gasteiger charge is 2.36. The molecule has 3 aromatic carbocycles. The average molecular weight is 574 g/mol. The van der Waals surface area contributed by atoms with Gasteiger partial charge >= 0.3 is 0 Å². The smallest absolute Gasteiger partial charge is 0.283 e. The van der Waals surface area contributed by atoms with Crippen molar-refractivity contribution in [2.45, 2.75) is 13.5 Å². The number of carbonyl (C=O) groups excluding carboxylic acids is 1. The number of benzene rings is 3. The normalized spacial score (nSPS) is 16.1. The second kappa shape index (κ2) is 10.4. The Balaban J connectivity index is 1.29. The molecule has 6 rings (SSSR count). The third kappa shape index (κ3) is 4.98. The molecule has 0 saturated heterocycles. The molecule has 2 aliphatic rings. The van der Waals surface area contributed by atoms with Crippen molar-refractivity contribution in [3.63, 3.8) is 0 Å². The Bertz CT molecular complexity index is 1760. The lowest BCUT2D eigenvalue weighted by Gasteiger charge is -2.20. The first kappa shape index (κ1) is 25.4. The van der Waals surface area contributed by atoms with Gasteiger partial charge in [-0.2, -0.15) is 15.1 Å². The van der Waals surface area contributed by atoms with Crippen LogP contribution in [0.4, 0.5) is 0 Å². The number of aromatic nitrogens is 1. The number of hydrogen-bond donors (Lipinski definition) is 1. The number of thioether (sulfide) groups is 1. The molecule has 0 radical (unpaired) electrons. The second-order valence-corrected chi connectivity index (χ2v) is 10.9. The first-order chi connectivity index (χ1) is 18.9. The number of amidine groups is 2. The molecule has 0 bridgehead atoms. The molecule has 0 unspecified atom stereocenters. The van der Waals surface area contributed by atoms with Crippen LogP contribution < -0.4 is 4.74 Å². The van der Waals surface area contributed by atoms with Crippen molar-refractivity contribution in [3.05, 3.63) is 105 Å². The monoisotopic (exact) mass is 573 g/mol. The molecular weight excluding hydrogens is 553 g/mol. The van der Waals surface area contributed by atoms with Crippen molar-refractivity contribution in [1.29, 1.82) is 5.41 Å². The van der Waals surface area contributed by atoms with E-state index in [0.717, 1.165) is 33.3 Å². The van der Waals surface area contributed by atoms with Gasteiger partial charge in [0, 0.05) is 39.3 Å². The number of halogens is 2. The van der Waals surface area contributed by atoms with Crippen molar-refractivity contribution in [1.82, 2.24) is 9.58 Å². The van der Waals surface area contributed by atoms with E-state index in [2.05, 4.69) is 14.7 Å². The van der Waals surface area contributed by atoms with Crippen LogP contribution in [0.1, 0.15) is 16.7 Å². The van der Waals surface area contributed by atoms with Gasteiger partial charge in [-0.25, -0.2) is 0 Å². The number of hydrogen-bond acceptors (Lipinski definition) is 5. The second-order valence-electron chi connectivity index (χ2n) is 9.03. The Morgan fingerprint density at radius 2 is 1.87 bits per heavy atom. The van der Waals surface area contributed by atoms with Crippen LogP contribution in [0.5, 0.6) is 5.75 Å². The summed E-state index contributed by atoms with van der Waals surface area (Å²) in [5.41, 5.74) is 3.86. The minimum atomic E-state index is -0.479. The lowest BCUT2D eigenvalue weighted by atomic mass is 10.1. The highest BCUT2D eigenvalue weighted by atomic mass is 35.5. The molecule has 3 heterocycles. The van der Waals surface area contributed by atoms with Gasteiger partial charge in [-0.15, -0.1) is 0 Å². The lowest BCUT2D eigenvalue weighted by Crippen LogP contribution is -2.35. The van der Waals surface area contributed by atoms with Gasteiger partial charge in [0.1, 0.15) is 17.4 Å². The van der Waals surface area contributed by atoms with Crippen LogP contribution in [-0.2, 0) is 11.3 Å². The van der Waals surface area contributed by atoms with Crippen LogP contribution in [0.2, 0.25) is 10.0 Å². The van der Waals surface area contributed by atoms with Crippen LogP contribution >= 0.6 is 35.0 Å². The Morgan fingerprint density at radius 3 is 2.69 bits per heavy atom. The number of hydrazone groups is 1. The summed E-state index contributed by atoms with van der Waals surface area (Å²) in [5, 5.41) is 17.7. The summed E-state index contributed by atoms with van der Waals surface area (Å²) in [5.74, 6) is 0.254. The summed E-state index contributed by atoms with van der Waals surface area (Å²) in [6.45, 7) is 2.70. The molecule has 0 fully saturated rings. The fraction of sp³-hybridized carbons (Fsp3) is 0.103. The van der Waals surface area contributed by atoms with Crippen LogP contribution in [0.3, 0.4) is 0 Å². The van der Waals surface area contributed by atoms with Crippen LogP contribution in [0.25, 0.3) is 17.0 Å². The first-order valence-electron chi connectivity index (χ1n) is 12.1. The molecule has 4 aromatic rings. The number of nitrogens with one attached hydrogen (secondary N) is 1. The van der Waals surface area contributed by atoms with E-state index in [1.807, 2.05) is 73.8 Å². The molecular formula is C29H21Cl2N5O2S. The highest BCUT2D eigenvalue weighted by Crippen LogP contribution is 2.31. The van der Waals surface area contributed by atoms with E-state index in [1.54, 1.807) is 12.1 Å². The molecule has 39 heavy (non-hydrogen) atoms. The molecule has 0 spiro atoms. The molecule has 1 N–H and O–H groups in total. The van der Waals surface area contributed by atoms with Crippen LogP contribution in [-0.4, -0.2) is 38.1 Å². The Kier molecular flexibility index (Phi) is 6.76. The number of nitrogens with zero attached hydrogens (tertiary/aromatic N) is 4. The van der Waals surface area contributed by atoms with E-state index in [1.165, 1.54) is 16.8 Å². The van der Waals surface area contributed by atoms with Crippen molar-refractivity contribution in [2.75, 3.05) is 6.61 Å². The summed E-state index contributed by atoms with van der Waals surface area (Å²) >= 11 is 13.7. The minimum absolute atomic E-state index is 0.0269. The number of ether oxygens (including phenoxy) is 1. The Morgan fingerprint density at radius 1 is 1.08 bits per heavy atom. The summed E-state index contributed by atoms with van der Waals surface area (Å²) in [7, 11) is 0. The lowest BCUT2D eigenvalue weighted by molar-refractivity contribution is -0.114. The summed E-state index contributed by atoms with van der Waals surface area (Å²) in [4.78, 5) is 17.3. The Hall–Kier alpha value is -3.85. The summed E-state index contributed by atoms with van der Waals surface area (Å²) in [6.07, 6.45) is 3.65. The Labute approximate surface area is 238 Å². The molecule has 0 aliphatic carbocycles. The molecule has 1 aromatic heterocycles.